The Hall–Kier alpha value is -3.11. The van der Waals surface area contributed by atoms with E-state index in [0.29, 0.717) is 21.7 Å². The number of fused-ring (bicyclic) bond motifs is 1. The summed E-state index contributed by atoms with van der Waals surface area (Å²) >= 11 is 1.18. The van der Waals surface area contributed by atoms with E-state index in [0.717, 1.165) is 5.56 Å². The number of amides is 1. The molecule has 0 spiro atoms. The first-order valence-electron chi connectivity index (χ1n) is 9.69. The van der Waals surface area contributed by atoms with Crippen LogP contribution in [0.15, 0.2) is 58.5 Å². The molecule has 7 heteroatoms. The number of carbonyl (C=O) groups excluding carboxylic acids is 1. The molecule has 3 rings (SSSR count). The van der Waals surface area contributed by atoms with Crippen molar-refractivity contribution >= 4 is 28.6 Å². The number of aromatic nitrogens is 2. The van der Waals surface area contributed by atoms with E-state index >= 15 is 0 Å². The van der Waals surface area contributed by atoms with Gasteiger partial charge in [-0.2, -0.15) is 5.26 Å². The molecular formula is C23H24N4O2S. The average molecular weight is 421 g/mol. The normalized spacial score (nSPS) is 13.1. The van der Waals surface area contributed by atoms with Crippen LogP contribution in [0.1, 0.15) is 26.3 Å². The molecule has 0 aliphatic carbocycles. The molecule has 6 nitrogen and oxygen atoms in total. The number of nitrogens with one attached hydrogen (secondary N) is 1. The number of nitriles is 1. The summed E-state index contributed by atoms with van der Waals surface area (Å²) in [6, 6.07) is 16.9. The van der Waals surface area contributed by atoms with E-state index in [4.69, 9.17) is 0 Å². The standard InChI is InChI=1S/C23H24N4O2S/c1-15(2)23(4,14-24)26-20(28)13-30-22-25-19-8-6-5-7-18(19)21(29)27(22)17-11-9-16(3)10-12-17/h5-12,15H,13H2,1-4H3,(H,26,28)/t23-/m0/s1. The number of hydrogen-bond donors (Lipinski definition) is 1. The molecule has 3 aromatic rings. The highest BCUT2D eigenvalue weighted by atomic mass is 32.2. The van der Waals surface area contributed by atoms with Crippen LogP contribution in [0.2, 0.25) is 0 Å². The first kappa shape index (κ1) is 21.6. The maximum absolute atomic E-state index is 13.2. The summed E-state index contributed by atoms with van der Waals surface area (Å²) in [5.41, 5.74) is 1.22. The van der Waals surface area contributed by atoms with Gasteiger partial charge in [-0.25, -0.2) is 4.98 Å². The SMILES string of the molecule is Cc1ccc(-n2c(SCC(=O)N[C@@](C)(C#N)C(C)C)nc3ccccc3c2=O)cc1. The number of thioether (sulfide) groups is 1. The van der Waals surface area contributed by atoms with Crippen LogP contribution in [0.5, 0.6) is 0 Å². The van der Waals surface area contributed by atoms with Crippen molar-refractivity contribution in [3.8, 4) is 11.8 Å². The predicted molar refractivity (Wildman–Crippen MR) is 120 cm³/mol. The monoisotopic (exact) mass is 420 g/mol. The summed E-state index contributed by atoms with van der Waals surface area (Å²) in [7, 11) is 0. The summed E-state index contributed by atoms with van der Waals surface area (Å²) in [5, 5.41) is 13.2. The number of carbonyl (C=O) groups is 1. The number of rotatable bonds is 6. The molecule has 0 bridgehead atoms. The molecule has 1 heterocycles. The maximum atomic E-state index is 13.2. The van der Waals surface area contributed by atoms with Gasteiger partial charge in [-0.15, -0.1) is 0 Å². The molecule has 1 aromatic heterocycles. The molecule has 0 aliphatic heterocycles. The molecule has 2 aromatic carbocycles. The first-order chi connectivity index (χ1) is 14.2. The van der Waals surface area contributed by atoms with Crippen molar-refractivity contribution in [2.75, 3.05) is 5.75 Å². The summed E-state index contributed by atoms with van der Waals surface area (Å²) in [6.07, 6.45) is 0. The number of nitrogens with zero attached hydrogens (tertiary/aromatic N) is 3. The molecular weight excluding hydrogens is 396 g/mol. The minimum absolute atomic E-state index is 0.0408. The van der Waals surface area contributed by atoms with Gasteiger partial charge in [0.05, 0.1) is 28.4 Å². The number of para-hydroxylation sites is 1. The molecule has 0 aliphatic rings. The highest BCUT2D eigenvalue weighted by molar-refractivity contribution is 7.99. The quantitative estimate of drug-likeness (QED) is 0.483. The lowest BCUT2D eigenvalue weighted by atomic mass is 9.90. The fourth-order valence-corrected chi connectivity index (χ4v) is 3.70. The molecule has 1 atom stereocenters. The molecule has 0 unspecified atom stereocenters. The fraction of sp³-hybridized carbons (Fsp3) is 0.304. The Kier molecular flexibility index (Phi) is 6.28. The van der Waals surface area contributed by atoms with Crippen LogP contribution in [0.3, 0.4) is 0 Å². The van der Waals surface area contributed by atoms with Crippen LogP contribution >= 0.6 is 11.8 Å². The van der Waals surface area contributed by atoms with Gasteiger partial charge in [-0.05, 0) is 44.0 Å². The molecule has 0 saturated carbocycles. The van der Waals surface area contributed by atoms with E-state index in [1.165, 1.54) is 16.3 Å². The van der Waals surface area contributed by atoms with Crippen LogP contribution in [0, 0.1) is 24.2 Å². The van der Waals surface area contributed by atoms with Crippen LogP contribution < -0.4 is 10.9 Å². The van der Waals surface area contributed by atoms with E-state index in [2.05, 4.69) is 16.4 Å². The minimum Gasteiger partial charge on any atom is -0.337 e. The van der Waals surface area contributed by atoms with Gasteiger partial charge in [0.25, 0.3) is 5.56 Å². The van der Waals surface area contributed by atoms with Crippen molar-refractivity contribution in [2.45, 2.75) is 38.4 Å². The van der Waals surface area contributed by atoms with Gasteiger partial charge < -0.3 is 5.32 Å². The Bertz CT molecular complexity index is 1180. The molecule has 1 amide bonds. The van der Waals surface area contributed by atoms with Crippen LogP contribution in [0.4, 0.5) is 0 Å². The van der Waals surface area contributed by atoms with Crippen molar-refractivity contribution in [3.05, 3.63) is 64.4 Å². The van der Waals surface area contributed by atoms with E-state index in [9.17, 15) is 14.9 Å². The van der Waals surface area contributed by atoms with Crippen LogP contribution in [-0.4, -0.2) is 26.8 Å². The van der Waals surface area contributed by atoms with E-state index < -0.39 is 5.54 Å². The highest BCUT2D eigenvalue weighted by Crippen LogP contribution is 2.22. The molecule has 1 N–H and O–H groups in total. The van der Waals surface area contributed by atoms with Crippen molar-refractivity contribution in [2.24, 2.45) is 5.92 Å². The van der Waals surface area contributed by atoms with Gasteiger partial charge in [0.15, 0.2) is 5.16 Å². The van der Waals surface area contributed by atoms with E-state index in [1.54, 1.807) is 25.1 Å². The largest absolute Gasteiger partial charge is 0.337 e. The Morgan fingerprint density at radius 2 is 1.90 bits per heavy atom. The lowest BCUT2D eigenvalue weighted by Crippen LogP contribution is -2.49. The minimum atomic E-state index is -0.953. The maximum Gasteiger partial charge on any atom is 0.266 e. The number of aryl methyl sites for hydroxylation is 1. The third kappa shape index (κ3) is 4.39. The Balaban J connectivity index is 1.98. The lowest BCUT2D eigenvalue weighted by molar-refractivity contribution is -0.120. The third-order valence-electron chi connectivity index (χ3n) is 5.16. The van der Waals surface area contributed by atoms with Crippen molar-refractivity contribution in [1.82, 2.24) is 14.9 Å². The van der Waals surface area contributed by atoms with Crippen LogP contribution in [0.25, 0.3) is 16.6 Å². The second-order valence-corrected chi connectivity index (χ2v) is 8.64. The zero-order valence-electron chi connectivity index (χ0n) is 17.5. The summed E-state index contributed by atoms with van der Waals surface area (Å²) in [6.45, 7) is 7.45. The fourth-order valence-electron chi connectivity index (χ4n) is 2.89. The molecule has 0 fully saturated rings. The smallest absolute Gasteiger partial charge is 0.266 e. The zero-order valence-corrected chi connectivity index (χ0v) is 18.3. The Labute approximate surface area is 179 Å². The Morgan fingerprint density at radius 3 is 2.53 bits per heavy atom. The van der Waals surface area contributed by atoms with Crippen molar-refractivity contribution in [3.63, 3.8) is 0 Å². The number of hydrogen-bond acceptors (Lipinski definition) is 5. The Morgan fingerprint density at radius 1 is 1.23 bits per heavy atom. The third-order valence-corrected chi connectivity index (χ3v) is 6.09. The van der Waals surface area contributed by atoms with Gasteiger partial charge in [-0.1, -0.05) is 55.4 Å². The number of benzene rings is 2. The lowest BCUT2D eigenvalue weighted by Gasteiger charge is -2.27. The first-order valence-corrected chi connectivity index (χ1v) is 10.7. The van der Waals surface area contributed by atoms with E-state index in [-0.39, 0.29) is 23.1 Å². The van der Waals surface area contributed by atoms with Gasteiger partial charge >= 0.3 is 0 Å². The molecule has 0 radical (unpaired) electrons. The van der Waals surface area contributed by atoms with Gasteiger partial charge in [0.2, 0.25) is 5.91 Å². The summed E-state index contributed by atoms with van der Waals surface area (Å²) < 4.78 is 1.53. The molecule has 30 heavy (non-hydrogen) atoms. The highest BCUT2D eigenvalue weighted by Gasteiger charge is 2.30. The van der Waals surface area contributed by atoms with Crippen molar-refractivity contribution in [1.29, 1.82) is 5.26 Å². The molecule has 0 saturated heterocycles. The topological polar surface area (TPSA) is 87.8 Å². The van der Waals surface area contributed by atoms with Gasteiger partial charge in [-0.3, -0.25) is 14.2 Å². The molecule has 154 valence electrons. The second kappa shape index (κ2) is 8.72. The van der Waals surface area contributed by atoms with Gasteiger partial charge in [0.1, 0.15) is 5.54 Å². The van der Waals surface area contributed by atoms with Crippen LogP contribution in [-0.2, 0) is 4.79 Å². The second-order valence-electron chi connectivity index (χ2n) is 7.69. The average Bonchev–Trinajstić information content (AvgIpc) is 2.73. The predicted octanol–water partition coefficient (Wildman–Crippen LogP) is 3.84. The van der Waals surface area contributed by atoms with E-state index in [1.807, 2.05) is 51.1 Å². The zero-order chi connectivity index (χ0) is 21.9. The summed E-state index contributed by atoms with van der Waals surface area (Å²) in [5.74, 6) is -0.280. The summed E-state index contributed by atoms with van der Waals surface area (Å²) in [4.78, 5) is 30.4. The van der Waals surface area contributed by atoms with Crippen molar-refractivity contribution < 1.29 is 4.79 Å². The van der Waals surface area contributed by atoms with Gasteiger partial charge in [0, 0.05) is 0 Å².